The Balaban J connectivity index is 1.33. The fraction of sp³-hybridized carbons (Fsp3) is 0.286. The molecule has 156 valence electrons. The first-order chi connectivity index (χ1) is 15.2. The lowest BCUT2D eigenvalue weighted by molar-refractivity contribution is 0.212. The molecule has 1 aliphatic rings. The van der Waals surface area contributed by atoms with E-state index in [1.165, 1.54) is 0 Å². The van der Waals surface area contributed by atoms with Gasteiger partial charge in [0.2, 0.25) is 0 Å². The first kappa shape index (κ1) is 18.4. The number of para-hydroxylation sites is 1. The van der Waals surface area contributed by atoms with Gasteiger partial charge in [0.05, 0.1) is 34.3 Å². The molecule has 0 radical (unpaired) electrons. The van der Waals surface area contributed by atoms with Crippen LogP contribution in [0.3, 0.4) is 0 Å². The van der Waals surface area contributed by atoms with Gasteiger partial charge in [-0.2, -0.15) is 10.2 Å². The van der Waals surface area contributed by atoms with Crippen LogP contribution in [0.15, 0.2) is 42.9 Å². The summed E-state index contributed by atoms with van der Waals surface area (Å²) >= 11 is 1.58. The minimum Gasteiger partial charge on any atom is -0.336 e. The van der Waals surface area contributed by atoms with E-state index in [1.54, 1.807) is 17.5 Å². The Morgan fingerprint density at radius 3 is 2.81 bits per heavy atom. The first-order valence-electron chi connectivity index (χ1n) is 10.3. The van der Waals surface area contributed by atoms with E-state index in [0.717, 1.165) is 57.9 Å². The fourth-order valence-electron chi connectivity index (χ4n) is 3.99. The Morgan fingerprint density at radius 2 is 1.94 bits per heavy atom. The van der Waals surface area contributed by atoms with Crippen LogP contribution < -0.4 is 5.32 Å². The van der Waals surface area contributed by atoms with Gasteiger partial charge in [-0.15, -0.1) is 11.3 Å². The molecule has 2 N–H and O–H groups in total. The van der Waals surface area contributed by atoms with Crippen molar-refractivity contribution in [1.29, 1.82) is 0 Å². The van der Waals surface area contributed by atoms with Gasteiger partial charge in [-0.25, -0.2) is 15.0 Å². The highest BCUT2D eigenvalue weighted by Gasteiger charge is 2.20. The molecule has 9 nitrogen and oxygen atoms in total. The lowest BCUT2D eigenvalue weighted by Gasteiger charge is -2.28. The molecular weight excluding hydrogens is 410 g/mol. The van der Waals surface area contributed by atoms with E-state index in [0.29, 0.717) is 17.7 Å². The second-order valence-corrected chi connectivity index (χ2v) is 8.91. The minimum absolute atomic E-state index is 0.433. The molecule has 5 heterocycles. The molecule has 10 heteroatoms. The molecule has 1 aliphatic heterocycles. The monoisotopic (exact) mass is 431 g/mol. The fourth-order valence-corrected chi connectivity index (χ4v) is 4.89. The van der Waals surface area contributed by atoms with Gasteiger partial charge < -0.3 is 10.2 Å². The van der Waals surface area contributed by atoms with Crippen molar-refractivity contribution in [1.82, 2.24) is 39.8 Å². The van der Waals surface area contributed by atoms with E-state index in [2.05, 4.69) is 54.5 Å². The van der Waals surface area contributed by atoms with Gasteiger partial charge in [0.1, 0.15) is 11.0 Å². The lowest BCUT2D eigenvalue weighted by atomic mass is 10.1. The zero-order valence-electron chi connectivity index (χ0n) is 17.0. The molecule has 4 aromatic heterocycles. The summed E-state index contributed by atoms with van der Waals surface area (Å²) in [5, 5.41) is 15.9. The predicted molar refractivity (Wildman–Crippen MR) is 122 cm³/mol. The summed E-state index contributed by atoms with van der Waals surface area (Å²) in [6.45, 7) is 2.19. The standard InChI is InChI=1S/C21H21N9S/c1-29-8-6-14(7-9-29)30-12-13(10-23-30)24-19-18-16(11-22-28-18)25-20(27-19)21-26-15-4-2-3-5-17(15)31-21/h2-5,10-12,14H,6-9H2,1H3,(H,22,28)(H,24,25,27). The van der Waals surface area contributed by atoms with Crippen LogP contribution in [-0.4, -0.2) is 60.0 Å². The van der Waals surface area contributed by atoms with Gasteiger partial charge in [-0.1, -0.05) is 12.1 Å². The van der Waals surface area contributed by atoms with Gasteiger partial charge in [-0.05, 0) is 45.1 Å². The molecule has 6 rings (SSSR count). The number of hydrogen-bond donors (Lipinski definition) is 2. The van der Waals surface area contributed by atoms with Crippen molar-refractivity contribution in [2.24, 2.45) is 0 Å². The number of rotatable bonds is 4. The molecule has 31 heavy (non-hydrogen) atoms. The Morgan fingerprint density at radius 1 is 1.06 bits per heavy atom. The Kier molecular flexibility index (Phi) is 4.39. The maximum Gasteiger partial charge on any atom is 0.191 e. The van der Waals surface area contributed by atoms with E-state index in [9.17, 15) is 0 Å². The maximum atomic E-state index is 4.78. The number of hydrogen-bond acceptors (Lipinski definition) is 8. The number of H-pyrrole nitrogens is 1. The second-order valence-electron chi connectivity index (χ2n) is 7.88. The highest BCUT2D eigenvalue weighted by molar-refractivity contribution is 7.21. The number of piperidine rings is 1. The van der Waals surface area contributed by atoms with Crippen molar-refractivity contribution in [3.8, 4) is 10.8 Å². The van der Waals surface area contributed by atoms with Crippen molar-refractivity contribution in [2.75, 3.05) is 25.5 Å². The van der Waals surface area contributed by atoms with Crippen LogP contribution in [0.1, 0.15) is 18.9 Å². The molecule has 5 aromatic rings. The smallest absolute Gasteiger partial charge is 0.191 e. The zero-order chi connectivity index (χ0) is 20.8. The van der Waals surface area contributed by atoms with E-state index in [-0.39, 0.29) is 0 Å². The normalized spacial score (nSPS) is 15.8. The molecule has 0 unspecified atom stereocenters. The molecule has 1 fully saturated rings. The number of benzene rings is 1. The van der Waals surface area contributed by atoms with Crippen molar-refractivity contribution in [2.45, 2.75) is 18.9 Å². The number of nitrogens with zero attached hydrogens (tertiary/aromatic N) is 7. The number of aromatic nitrogens is 7. The Hall–Kier alpha value is -3.37. The van der Waals surface area contributed by atoms with Gasteiger partial charge in [0, 0.05) is 6.20 Å². The van der Waals surface area contributed by atoms with E-state index in [1.807, 2.05) is 24.4 Å². The van der Waals surface area contributed by atoms with Crippen LogP contribution in [0.4, 0.5) is 11.5 Å². The van der Waals surface area contributed by atoms with Gasteiger partial charge in [0.25, 0.3) is 0 Å². The van der Waals surface area contributed by atoms with E-state index in [4.69, 9.17) is 9.97 Å². The average molecular weight is 432 g/mol. The van der Waals surface area contributed by atoms with E-state index >= 15 is 0 Å². The van der Waals surface area contributed by atoms with E-state index < -0.39 is 0 Å². The number of anilines is 2. The number of nitrogens with one attached hydrogen (secondary N) is 2. The van der Waals surface area contributed by atoms with Crippen LogP contribution in [-0.2, 0) is 0 Å². The summed E-state index contributed by atoms with van der Waals surface area (Å²) in [7, 11) is 2.17. The second kappa shape index (κ2) is 7.40. The van der Waals surface area contributed by atoms with Crippen LogP contribution in [0.5, 0.6) is 0 Å². The first-order valence-corrected chi connectivity index (χ1v) is 11.1. The van der Waals surface area contributed by atoms with Crippen LogP contribution in [0.25, 0.3) is 32.1 Å². The lowest BCUT2D eigenvalue weighted by Crippen LogP contribution is -2.31. The SMILES string of the molecule is CN1CCC(n2cc(Nc3nc(-c4nc5ccccc5s4)nc4cn[nH]c34)cn2)CC1. The molecular formula is C21H21N9S. The summed E-state index contributed by atoms with van der Waals surface area (Å²) in [5.74, 6) is 1.25. The number of aromatic amines is 1. The molecule has 1 aromatic carbocycles. The van der Waals surface area contributed by atoms with Crippen molar-refractivity contribution >= 4 is 44.1 Å². The van der Waals surface area contributed by atoms with Crippen LogP contribution in [0, 0.1) is 0 Å². The summed E-state index contributed by atoms with van der Waals surface area (Å²) in [4.78, 5) is 16.5. The minimum atomic E-state index is 0.433. The summed E-state index contributed by atoms with van der Waals surface area (Å²) in [5.41, 5.74) is 3.35. The summed E-state index contributed by atoms with van der Waals surface area (Å²) < 4.78 is 3.18. The highest BCUT2D eigenvalue weighted by Crippen LogP contribution is 2.31. The molecule has 0 aliphatic carbocycles. The molecule has 0 saturated carbocycles. The topological polar surface area (TPSA) is 100 Å². The summed E-state index contributed by atoms with van der Waals surface area (Å²) in [6.07, 6.45) is 7.83. The predicted octanol–water partition coefficient (Wildman–Crippen LogP) is 3.84. The number of thiazole rings is 1. The van der Waals surface area contributed by atoms with Crippen molar-refractivity contribution in [3.63, 3.8) is 0 Å². The largest absolute Gasteiger partial charge is 0.336 e. The average Bonchev–Trinajstić information content (AvgIpc) is 3.53. The molecule has 0 spiro atoms. The molecule has 0 amide bonds. The molecule has 0 bridgehead atoms. The Labute approximate surface area is 182 Å². The van der Waals surface area contributed by atoms with Gasteiger partial charge in [0.15, 0.2) is 16.6 Å². The van der Waals surface area contributed by atoms with Crippen LogP contribution >= 0.6 is 11.3 Å². The molecule has 1 saturated heterocycles. The third kappa shape index (κ3) is 3.43. The van der Waals surface area contributed by atoms with Crippen molar-refractivity contribution in [3.05, 3.63) is 42.9 Å². The number of likely N-dealkylation sites (tertiary alicyclic amines) is 1. The zero-order valence-corrected chi connectivity index (χ0v) is 17.8. The molecule has 0 atom stereocenters. The Bertz CT molecular complexity index is 1330. The summed E-state index contributed by atoms with van der Waals surface area (Å²) in [6, 6.07) is 8.49. The van der Waals surface area contributed by atoms with Gasteiger partial charge >= 0.3 is 0 Å². The third-order valence-electron chi connectivity index (χ3n) is 5.71. The highest BCUT2D eigenvalue weighted by atomic mass is 32.1. The van der Waals surface area contributed by atoms with Gasteiger partial charge in [-0.3, -0.25) is 9.78 Å². The van der Waals surface area contributed by atoms with Crippen LogP contribution in [0.2, 0.25) is 0 Å². The maximum absolute atomic E-state index is 4.78. The quantitative estimate of drug-likeness (QED) is 0.446. The number of fused-ring (bicyclic) bond motifs is 2. The van der Waals surface area contributed by atoms with Crippen molar-refractivity contribution < 1.29 is 0 Å². The third-order valence-corrected chi connectivity index (χ3v) is 6.74.